The predicted molar refractivity (Wildman–Crippen MR) is 48.7 cm³/mol. The van der Waals surface area contributed by atoms with Crippen LogP contribution in [0.4, 0.5) is 0 Å². The van der Waals surface area contributed by atoms with Crippen LogP contribution in [0.5, 0.6) is 0 Å². The van der Waals surface area contributed by atoms with Crippen molar-refractivity contribution < 1.29 is 29.6 Å². The highest BCUT2D eigenvalue weighted by Crippen LogP contribution is 1.98. The molecule has 0 saturated heterocycles. The number of carbonyl (C=O) groups is 2. The van der Waals surface area contributed by atoms with Gasteiger partial charge in [-0.05, 0) is 0 Å². The van der Waals surface area contributed by atoms with Gasteiger partial charge in [-0.2, -0.15) is 0 Å². The number of hydrogen-bond acceptors (Lipinski definition) is 7. The van der Waals surface area contributed by atoms with Gasteiger partial charge in [-0.1, -0.05) is 0 Å². The second-order valence-corrected chi connectivity index (χ2v) is 3.01. The molecular formula is C8H15NO6. The standard InChI is InChI=1S/C8H15NO6/c1-4(11)15-3-6(12)8(14)7(13)5(9)2-10/h5-7,10,12-13H,2-3,9H2,1H3/t5-,6+,7+/m0/s1. The van der Waals surface area contributed by atoms with E-state index in [0.717, 1.165) is 6.92 Å². The number of carbonyl (C=O) groups excluding carboxylic acids is 2. The van der Waals surface area contributed by atoms with E-state index < -0.39 is 43.2 Å². The molecule has 0 aliphatic carbocycles. The molecular weight excluding hydrogens is 206 g/mol. The topological polar surface area (TPSA) is 130 Å². The average molecular weight is 221 g/mol. The van der Waals surface area contributed by atoms with Crippen LogP contribution in [-0.4, -0.2) is 58.5 Å². The summed E-state index contributed by atoms with van der Waals surface area (Å²) < 4.78 is 4.36. The molecule has 7 nitrogen and oxygen atoms in total. The number of hydrogen-bond donors (Lipinski definition) is 4. The Hall–Kier alpha value is -1.02. The van der Waals surface area contributed by atoms with Crippen LogP contribution in [0.25, 0.3) is 0 Å². The van der Waals surface area contributed by atoms with Crippen LogP contribution in [0, 0.1) is 0 Å². The summed E-state index contributed by atoms with van der Waals surface area (Å²) in [6.07, 6.45) is -3.32. The highest BCUT2D eigenvalue weighted by molar-refractivity contribution is 5.87. The van der Waals surface area contributed by atoms with Gasteiger partial charge < -0.3 is 25.8 Å². The lowest BCUT2D eigenvalue weighted by Gasteiger charge is -2.18. The number of Topliss-reactive ketones (excluding diaryl/α,β-unsaturated/α-hetero) is 1. The first-order valence-corrected chi connectivity index (χ1v) is 4.29. The number of rotatable bonds is 6. The van der Waals surface area contributed by atoms with Crippen LogP contribution in [0.1, 0.15) is 6.92 Å². The van der Waals surface area contributed by atoms with Crippen molar-refractivity contribution in [2.75, 3.05) is 13.2 Å². The van der Waals surface area contributed by atoms with Gasteiger partial charge in [-0.15, -0.1) is 0 Å². The first-order chi connectivity index (χ1) is 6.90. The molecule has 0 saturated carbocycles. The lowest BCUT2D eigenvalue weighted by atomic mass is 10.0. The maximum Gasteiger partial charge on any atom is 0.302 e. The van der Waals surface area contributed by atoms with Gasteiger partial charge in [0.1, 0.15) is 18.8 Å². The zero-order valence-corrected chi connectivity index (χ0v) is 8.29. The molecule has 5 N–H and O–H groups in total. The molecule has 0 aliphatic heterocycles. The Morgan fingerprint density at radius 3 is 2.33 bits per heavy atom. The Kier molecular flexibility index (Phi) is 6.02. The molecule has 0 aliphatic rings. The first kappa shape index (κ1) is 14.0. The lowest BCUT2D eigenvalue weighted by Crippen LogP contribution is -2.48. The van der Waals surface area contributed by atoms with Gasteiger partial charge in [0, 0.05) is 6.92 Å². The van der Waals surface area contributed by atoms with Gasteiger partial charge in [0.2, 0.25) is 0 Å². The van der Waals surface area contributed by atoms with Gasteiger partial charge in [-0.25, -0.2) is 0 Å². The molecule has 0 rings (SSSR count). The molecule has 0 radical (unpaired) electrons. The van der Waals surface area contributed by atoms with E-state index in [0.29, 0.717) is 0 Å². The van der Waals surface area contributed by atoms with Crippen molar-refractivity contribution in [1.82, 2.24) is 0 Å². The van der Waals surface area contributed by atoms with Crippen LogP contribution in [0.15, 0.2) is 0 Å². The van der Waals surface area contributed by atoms with E-state index >= 15 is 0 Å². The van der Waals surface area contributed by atoms with Crippen molar-refractivity contribution in [3.8, 4) is 0 Å². The molecule has 15 heavy (non-hydrogen) atoms. The summed E-state index contributed by atoms with van der Waals surface area (Å²) in [6.45, 7) is -0.0103. The lowest BCUT2D eigenvalue weighted by molar-refractivity contribution is -0.149. The number of ether oxygens (including phenoxy) is 1. The van der Waals surface area contributed by atoms with Gasteiger partial charge in [0.15, 0.2) is 5.78 Å². The number of esters is 1. The Labute approximate surface area is 86.5 Å². The molecule has 0 spiro atoms. The van der Waals surface area contributed by atoms with Crippen molar-refractivity contribution in [3.63, 3.8) is 0 Å². The Balaban J connectivity index is 4.13. The van der Waals surface area contributed by atoms with Crippen molar-refractivity contribution in [2.24, 2.45) is 5.73 Å². The van der Waals surface area contributed by atoms with Gasteiger partial charge in [0.25, 0.3) is 0 Å². The quantitative estimate of drug-likeness (QED) is 0.355. The second kappa shape index (κ2) is 6.46. The minimum Gasteiger partial charge on any atom is -0.463 e. The van der Waals surface area contributed by atoms with E-state index in [1.807, 2.05) is 0 Å². The molecule has 0 aromatic rings. The second-order valence-electron chi connectivity index (χ2n) is 3.01. The summed E-state index contributed by atoms with van der Waals surface area (Å²) in [5.74, 6) is -1.64. The summed E-state index contributed by atoms with van der Waals surface area (Å²) in [6, 6.07) is -1.16. The Morgan fingerprint density at radius 2 is 1.93 bits per heavy atom. The Morgan fingerprint density at radius 1 is 1.40 bits per heavy atom. The molecule has 0 heterocycles. The molecule has 0 bridgehead atoms. The molecule has 7 heteroatoms. The fourth-order valence-corrected chi connectivity index (χ4v) is 0.786. The Bertz CT molecular complexity index is 231. The van der Waals surface area contributed by atoms with Crippen LogP contribution in [0.2, 0.25) is 0 Å². The van der Waals surface area contributed by atoms with Crippen molar-refractivity contribution >= 4 is 11.8 Å². The van der Waals surface area contributed by atoms with E-state index in [4.69, 9.17) is 15.9 Å². The summed E-state index contributed by atoms with van der Waals surface area (Å²) in [5.41, 5.74) is 5.17. The van der Waals surface area contributed by atoms with Gasteiger partial charge >= 0.3 is 5.97 Å². The molecule has 0 aromatic carbocycles. The van der Waals surface area contributed by atoms with E-state index in [1.165, 1.54) is 0 Å². The first-order valence-electron chi connectivity index (χ1n) is 4.29. The molecule has 3 atom stereocenters. The third-order valence-corrected chi connectivity index (χ3v) is 1.68. The third kappa shape index (κ3) is 4.84. The predicted octanol–water partition coefficient (Wildman–Crippen LogP) is -2.84. The van der Waals surface area contributed by atoms with Crippen LogP contribution in [0.3, 0.4) is 0 Å². The maximum absolute atomic E-state index is 11.2. The number of aliphatic hydroxyl groups is 3. The summed E-state index contributed by atoms with van der Waals surface area (Å²) >= 11 is 0. The zero-order chi connectivity index (χ0) is 12.0. The highest BCUT2D eigenvalue weighted by Gasteiger charge is 2.28. The smallest absolute Gasteiger partial charge is 0.302 e. The average Bonchev–Trinajstić information content (AvgIpc) is 2.22. The third-order valence-electron chi connectivity index (χ3n) is 1.68. The zero-order valence-electron chi connectivity index (χ0n) is 8.29. The van der Waals surface area contributed by atoms with Crippen molar-refractivity contribution in [1.29, 1.82) is 0 Å². The number of ketones is 1. The van der Waals surface area contributed by atoms with Crippen LogP contribution in [-0.2, 0) is 14.3 Å². The van der Waals surface area contributed by atoms with E-state index in [1.54, 1.807) is 0 Å². The van der Waals surface area contributed by atoms with Crippen molar-refractivity contribution in [2.45, 2.75) is 25.2 Å². The molecule has 0 aromatic heterocycles. The van der Waals surface area contributed by atoms with E-state index in [2.05, 4.69) is 4.74 Å². The molecule has 0 amide bonds. The van der Waals surface area contributed by atoms with Crippen LogP contribution >= 0.6 is 0 Å². The number of nitrogens with two attached hydrogens (primary N) is 1. The van der Waals surface area contributed by atoms with Crippen LogP contribution < -0.4 is 5.73 Å². The van der Waals surface area contributed by atoms with E-state index in [-0.39, 0.29) is 0 Å². The fraction of sp³-hybridized carbons (Fsp3) is 0.750. The van der Waals surface area contributed by atoms with E-state index in [9.17, 15) is 14.7 Å². The fourth-order valence-electron chi connectivity index (χ4n) is 0.786. The van der Waals surface area contributed by atoms with Gasteiger partial charge in [0.05, 0.1) is 12.6 Å². The maximum atomic E-state index is 11.2. The highest BCUT2D eigenvalue weighted by atomic mass is 16.5. The monoisotopic (exact) mass is 221 g/mol. The largest absolute Gasteiger partial charge is 0.463 e. The molecule has 88 valence electrons. The summed E-state index contributed by atoms with van der Waals surface area (Å²) in [5, 5.41) is 26.9. The normalized spacial score (nSPS) is 16.6. The minimum absolute atomic E-state index is 0.538. The number of aliphatic hydroxyl groups excluding tert-OH is 3. The molecule has 0 unspecified atom stereocenters. The summed E-state index contributed by atoms with van der Waals surface area (Å²) in [4.78, 5) is 21.5. The molecule has 0 fully saturated rings. The SMILES string of the molecule is CC(=O)OC[C@@H](O)C(=O)[C@H](O)[C@@H](N)CO. The van der Waals surface area contributed by atoms with Crippen molar-refractivity contribution in [3.05, 3.63) is 0 Å². The van der Waals surface area contributed by atoms with Gasteiger partial charge in [-0.3, -0.25) is 9.59 Å². The summed E-state index contributed by atoms with van der Waals surface area (Å²) in [7, 11) is 0. The minimum atomic E-state index is -1.68.